The second kappa shape index (κ2) is 13.5. The minimum Gasteiger partial charge on any atom is -0.491 e. The van der Waals surface area contributed by atoms with Crippen LogP contribution in [0.25, 0.3) is 0 Å². The summed E-state index contributed by atoms with van der Waals surface area (Å²) in [6.07, 6.45) is 9.62. The van der Waals surface area contributed by atoms with Gasteiger partial charge in [-0.15, -0.1) is 0 Å². The number of nitrogens with zero attached hydrogens (tertiary/aromatic N) is 1. The largest absolute Gasteiger partial charge is 0.491 e. The van der Waals surface area contributed by atoms with E-state index in [1.807, 2.05) is 38.1 Å². The quantitative estimate of drug-likeness (QED) is 0.362. The maximum absolute atomic E-state index is 13.4. The highest BCUT2D eigenvalue weighted by Gasteiger charge is 2.42. The molecule has 2 atom stereocenters. The van der Waals surface area contributed by atoms with Gasteiger partial charge in [0.25, 0.3) is 5.91 Å². The van der Waals surface area contributed by atoms with Gasteiger partial charge in [0.1, 0.15) is 17.2 Å². The number of hydrogen-bond acceptors (Lipinski definition) is 6. The number of carbonyl (C=O) groups is 2. The fourth-order valence-electron chi connectivity index (χ4n) is 4.71. The number of hydrogen-bond donors (Lipinski definition) is 3. The number of halogens is 1. The molecule has 2 aromatic rings. The first-order valence-electron chi connectivity index (χ1n) is 13.3. The standard InChI is InChI=1S/C28H37ClN4O3S/c1-19(2)36-24-16-14-22(15-17-24)30-27(35)25-28(31-26(34)20-10-9-11-21(29)18-20)37-33(32-25)23-12-7-5-3-4-6-8-13-23/h9-11,14-19,23,25,28,32H,3-8,12-13H2,1-2H3,(H,30,35)(H,31,34). The Morgan fingerprint density at radius 2 is 1.70 bits per heavy atom. The van der Waals surface area contributed by atoms with E-state index in [1.165, 1.54) is 50.5 Å². The second-order valence-corrected chi connectivity index (χ2v) is 11.5. The molecular formula is C28H37ClN4O3S. The molecule has 1 heterocycles. The van der Waals surface area contributed by atoms with E-state index in [2.05, 4.69) is 20.5 Å². The van der Waals surface area contributed by atoms with Crippen LogP contribution in [0.4, 0.5) is 5.69 Å². The van der Waals surface area contributed by atoms with E-state index in [4.69, 9.17) is 16.3 Å². The van der Waals surface area contributed by atoms with Gasteiger partial charge in [0.05, 0.1) is 6.10 Å². The summed E-state index contributed by atoms with van der Waals surface area (Å²) in [5.41, 5.74) is 4.57. The van der Waals surface area contributed by atoms with Crippen LogP contribution in [0.3, 0.4) is 0 Å². The van der Waals surface area contributed by atoms with Crippen LogP contribution in [-0.4, -0.2) is 39.8 Å². The number of benzene rings is 2. The highest BCUT2D eigenvalue weighted by atomic mass is 35.5. The molecule has 1 saturated heterocycles. The van der Waals surface area contributed by atoms with Crippen LogP contribution in [0.15, 0.2) is 48.5 Å². The molecule has 9 heteroatoms. The minimum atomic E-state index is -0.632. The smallest absolute Gasteiger partial charge is 0.252 e. The lowest BCUT2D eigenvalue weighted by Gasteiger charge is -2.26. The maximum atomic E-state index is 13.4. The van der Waals surface area contributed by atoms with Crippen molar-refractivity contribution in [2.75, 3.05) is 5.32 Å². The first kappa shape index (κ1) is 27.8. The maximum Gasteiger partial charge on any atom is 0.252 e. The van der Waals surface area contributed by atoms with E-state index in [0.717, 1.165) is 18.6 Å². The summed E-state index contributed by atoms with van der Waals surface area (Å²) in [5.74, 6) is 0.290. The molecule has 2 unspecified atom stereocenters. The molecule has 2 fully saturated rings. The van der Waals surface area contributed by atoms with Gasteiger partial charge < -0.3 is 15.4 Å². The highest BCUT2D eigenvalue weighted by molar-refractivity contribution is 7.97. The molecule has 0 aromatic heterocycles. The molecule has 1 saturated carbocycles. The zero-order valence-corrected chi connectivity index (χ0v) is 23.1. The molecule has 0 spiro atoms. The van der Waals surface area contributed by atoms with Crippen LogP contribution >= 0.6 is 23.5 Å². The summed E-state index contributed by atoms with van der Waals surface area (Å²) in [6.45, 7) is 3.95. The molecule has 1 aliphatic heterocycles. The Labute approximate surface area is 229 Å². The summed E-state index contributed by atoms with van der Waals surface area (Å²) in [6, 6.07) is 13.8. The lowest BCUT2D eigenvalue weighted by Crippen LogP contribution is -2.51. The number of anilines is 1. The van der Waals surface area contributed by atoms with Gasteiger partial charge in [-0.2, -0.15) is 4.41 Å². The van der Waals surface area contributed by atoms with Gasteiger partial charge in [-0.05, 0) is 81.1 Å². The second-order valence-electron chi connectivity index (χ2n) is 9.98. The van der Waals surface area contributed by atoms with Gasteiger partial charge >= 0.3 is 0 Å². The molecular weight excluding hydrogens is 508 g/mol. The number of rotatable bonds is 7. The molecule has 4 rings (SSSR count). The molecule has 2 aromatic carbocycles. The van der Waals surface area contributed by atoms with E-state index in [9.17, 15) is 9.59 Å². The lowest BCUT2D eigenvalue weighted by atomic mass is 10.1. The average Bonchev–Trinajstić information content (AvgIpc) is 3.33. The average molecular weight is 545 g/mol. The molecule has 1 aliphatic carbocycles. The predicted octanol–water partition coefficient (Wildman–Crippen LogP) is 6.16. The monoisotopic (exact) mass is 544 g/mol. The third-order valence-electron chi connectivity index (χ3n) is 6.59. The number of nitrogens with one attached hydrogen (secondary N) is 3. The molecule has 0 radical (unpaired) electrons. The number of ether oxygens (including phenoxy) is 1. The molecule has 37 heavy (non-hydrogen) atoms. The number of amides is 2. The van der Waals surface area contributed by atoms with Crippen LogP contribution < -0.4 is 20.8 Å². The van der Waals surface area contributed by atoms with Crippen LogP contribution in [0.2, 0.25) is 5.02 Å². The van der Waals surface area contributed by atoms with Crippen LogP contribution in [0.1, 0.15) is 75.6 Å². The van der Waals surface area contributed by atoms with Gasteiger partial charge in [0.15, 0.2) is 0 Å². The Hall–Kier alpha value is -2.26. The Morgan fingerprint density at radius 3 is 2.35 bits per heavy atom. The fourth-order valence-corrected chi connectivity index (χ4v) is 6.17. The molecule has 7 nitrogen and oxygen atoms in total. The summed E-state index contributed by atoms with van der Waals surface area (Å²) in [7, 11) is 0. The normalized spacial score (nSPS) is 21.6. The van der Waals surface area contributed by atoms with Gasteiger partial charge in [0.2, 0.25) is 5.91 Å². The van der Waals surface area contributed by atoms with Crippen molar-refractivity contribution in [3.05, 3.63) is 59.1 Å². The van der Waals surface area contributed by atoms with Crippen molar-refractivity contribution in [3.8, 4) is 5.75 Å². The Balaban J connectivity index is 1.48. The molecule has 3 N–H and O–H groups in total. The first-order valence-corrected chi connectivity index (χ1v) is 14.5. The van der Waals surface area contributed by atoms with Crippen molar-refractivity contribution >= 4 is 41.1 Å². The zero-order valence-electron chi connectivity index (χ0n) is 21.5. The third kappa shape index (κ3) is 8.11. The summed E-state index contributed by atoms with van der Waals surface area (Å²) < 4.78 is 7.81. The first-order chi connectivity index (χ1) is 17.9. The van der Waals surface area contributed by atoms with E-state index in [-0.39, 0.29) is 17.9 Å². The van der Waals surface area contributed by atoms with Crippen molar-refractivity contribution in [2.45, 2.75) is 88.8 Å². The molecule has 200 valence electrons. The third-order valence-corrected chi connectivity index (χ3v) is 8.07. The summed E-state index contributed by atoms with van der Waals surface area (Å²) in [4.78, 5) is 26.5. The van der Waals surface area contributed by atoms with Crippen molar-refractivity contribution in [1.29, 1.82) is 0 Å². The number of carbonyl (C=O) groups excluding carboxylic acids is 2. The van der Waals surface area contributed by atoms with Gasteiger partial charge in [-0.3, -0.25) is 9.59 Å². The van der Waals surface area contributed by atoms with E-state index in [1.54, 1.807) is 24.3 Å². The van der Waals surface area contributed by atoms with Crippen LogP contribution in [0.5, 0.6) is 5.75 Å². The van der Waals surface area contributed by atoms with Crippen molar-refractivity contribution < 1.29 is 14.3 Å². The van der Waals surface area contributed by atoms with E-state index >= 15 is 0 Å². The fraction of sp³-hybridized carbons (Fsp3) is 0.500. The highest BCUT2D eigenvalue weighted by Crippen LogP contribution is 2.32. The number of hydrazine groups is 1. The lowest BCUT2D eigenvalue weighted by molar-refractivity contribution is -0.118. The predicted molar refractivity (Wildman–Crippen MR) is 151 cm³/mol. The molecule has 2 amide bonds. The van der Waals surface area contributed by atoms with Crippen molar-refractivity contribution in [1.82, 2.24) is 15.2 Å². The van der Waals surface area contributed by atoms with Crippen molar-refractivity contribution in [3.63, 3.8) is 0 Å². The van der Waals surface area contributed by atoms with Crippen LogP contribution in [0, 0.1) is 0 Å². The van der Waals surface area contributed by atoms with Gasteiger partial charge in [-0.25, -0.2) is 5.43 Å². The minimum absolute atomic E-state index is 0.0765. The summed E-state index contributed by atoms with van der Waals surface area (Å²) in [5, 5.41) is 6.09. The zero-order chi connectivity index (χ0) is 26.2. The summed E-state index contributed by atoms with van der Waals surface area (Å²) >= 11 is 7.60. The Bertz CT molecular complexity index is 1040. The Kier molecular flexibility index (Phi) is 10.1. The van der Waals surface area contributed by atoms with Gasteiger partial charge in [-0.1, -0.05) is 56.2 Å². The van der Waals surface area contributed by atoms with E-state index in [0.29, 0.717) is 22.3 Å². The van der Waals surface area contributed by atoms with Crippen molar-refractivity contribution in [2.24, 2.45) is 0 Å². The molecule has 0 bridgehead atoms. The topological polar surface area (TPSA) is 82.7 Å². The van der Waals surface area contributed by atoms with Crippen LogP contribution in [-0.2, 0) is 4.79 Å². The van der Waals surface area contributed by atoms with E-state index < -0.39 is 11.4 Å². The van der Waals surface area contributed by atoms with Gasteiger partial charge in [0, 0.05) is 22.3 Å². The Morgan fingerprint density at radius 1 is 1.03 bits per heavy atom. The SMILES string of the molecule is CC(C)Oc1ccc(NC(=O)C2NN(C3CCCCCCCC3)SC2NC(=O)c2cccc(Cl)c2)cc1. The molecule has 2 aliphatic rings.